The van der Waals surface area contributed by atoms with Gasteiger partial charge < -0.3 is 9.95 Å². The highest BCUT2D eigenvalue weighted by molar-refractivity contribution is 7.54. The fraction of sp³-hybridized carbons (Fsp3) is 0.250. The molecule has 0 radical (unpaired) electrons. The summed E-state index contributed by atoms with van der Waals surface area (Å²) in [4.78, 5) is 0. The van der Waals surface area contributed by atoms with E-state index < -0.39 is 7.67 Å². The maximum absolute atomic E-state index is 12.9. The minimum atomic E-state index is -3.23. The molecule has 0 heterocycles. The number of nitrogens with zero attached hydrogens (tertiary/aromatic N) is 1. The Morgan fingerprint density at radius 2 is 1.41 bits per heavy atom. The van der Waals surface area contributed by atoms with E-state index in [9.17, 15) is 4.57 Å². The summed E-state index contributed by atoms with van der Waals surface area (Å²) < 4.78 is 20.1. The molecule has 2 N–H and O–H groups in total. The molecule has 118 valence electrons. The van der Waals surface area contributed by atoms with Crippen molar-refractivity contribution in [2.45, 2.75) is 13.8 Å². The minimum Gasteiger partial charge on any atom is -0.421 e. The van der Waals surface area contributed by atoms with Crippen LogP contribution >= 0.6 is 7.67 Å². The molecule has 0 bridgehead atoms. The SMILES string of the molecule is Cc1ccc(NNP(=O)(Oc2ccc(C)cc2)N(C)C)cc1. The Balaban J connectivity index is 2.09. The van der Waals surface area contributed by atoms with E-state index in [0.29, 0.717) is 5.75 Å². The van der Waals surface area contributed by atoms with E-state index in [1.807, 2.05) is 50.2 Å². The van der Waals surface area contributed by atoms with Gasteiger partial charge in [-0.3, -0.25) is 0 Å². The lowest BCUT2D eigenvalue weighted by molar-refractivity contribution is 0.405. The van der Waals surface area contributed by atoms with Gasteiger partial charge in [-0.15, -0.1) is 5.20 Å². The van der Waals surface area contributed by atoms with E-state index in [4.69, 9.17) is 4.52 Å². The predicted octanol–water partition coefficient (Wildman–Crippen LogP) is 3.97. The Labute approximate surface area is 131 Å². The maximum Gasteiger partial charge on any atom is 0.410 e. The summed E-state index contributed by atoms with van der Waals surface area (Å²) in [6.07, 6.45) is 0. The van der Waals surface area contributed by atoms with E-state index in [1.54, 1.807) is 26.2 Å². The molecule has 22 heavy (non-hydrogen) atoms. The van der Waals surface area contributed by atoms with Gasteiger partial charge in [0, 0.05) is 5.69 Å². The van der Waals surface area contributed by atoms with E-state index in [1.165, 1.54) is 4.67 Å². The number of hydrazine groups is 1. The zero-order chi connectivity index (χ0) is 16.2. The lowest BCUT2D eigenvalue weighted by Gasteiger charge is -2.26. The van der Waals surface area contributed by atoms with Gasteiger partial charge in [-0.05, 0) is 52.2 Å². The average molecular weight is 319 g/mol. The summed E-state index contributed by atoms with van der Waals surface area (Å²) in [6, 6.07) is 15.2. The minimum absolute atomic E-state index is 0.556. The summed E-state index contributed by atoms with van der Waals surface area (Å²) >= 11 is 0. The van der Waals surface area contributed by atoms with E-state index >= 15 is 0 Å². The predicted molar refractivity (Wildman–Crippen MR) is 91.0 cm³/mol. The summed E-state index contributed by atoms with van der Waals surface area (Å²) in [7, 11) is 0.181. The van der Waals surface area contributed by atoms with Crippen molar-refractivity contribution in [3.8, 4) is 5.75 Å². The summed E-state index contributed by atoms with van der Waals surface area (Å²) in [5.74, 6) is 0.556. The molecular weight excluding hydrogens is 297 g/mol. The highest BCUT2D eigenvalue weighted by Gasteiger charge is 2.28. The van der Waals surface area contributed by atoms with Crippen LogP contribution in [0.4, 0.5) is 5.69 Å². The topological polar surface area (TPSA) is 53.6 Å². The molecule has 0 aromatic heterocycles. The molecule has 0 saturated carbocycles. The van der Waals surface area contributed by atoms with Gasteiger partial charge in [-0.2, -0.15) is 0 Å². The van der Waals surface area contributed by atoms with Crippen molar-refractivity contribution in [3.05, 3.63) is 59.7 Å². The molecule has 6 heteroatoms. The molecule has 0 fully saturated rings. The van der Waals surface area contributed by atoms with Crippen molar-refractivity contribution < 1.29 is 9.09 Å². The van der Waals surface area contributed by atoms with Crippen LogP contribution in [-0.4, -0.2) is 18.8 Å². The first-order chi connectivity index (χ1) is 10.4. The number of benzene rings is 2. The van der Waals surface area contributed by atoms with Crippen LogP contribution in [0.2, 0.25) is 0 Å². The highest BCUT2D eigenvalue weighted by Crippen LogP contribution is 2.44. The van der Waals surface area contributed by atoms with Crippen molar-refractivity contribution in [1.29, 1.82) is 0 Å². The third-order valence-corrected chi connectivity index (χ3v) is 5.08. The standard InChI is InChI=1S/C16H22N3O2P/c1-13-5-9-15(10-6-13)17-18-22(20,19(3)4)21-16-11-7-14(2)8-12-16/h5-12,17H,1-4H3,(H,18,20). The van der Waals surface area contributed by atoms with Gasteiger partial charge >= 0.3 is 7.67 Å². The van der Waals surface area contributed by atoms with Crippen LogP contribution in [0.1, 0.15) is 11.1 Å². The number of rotatable bonds is 6. The molecule has 1 atom stereocenters. The van der Waals surface area contributed by atoms with Crippen LogP contribution in [0.5, 0.6) is 5.75 Å². The fourth-order valence-electron chi connectivity index (χ4n) is 1.72. The molecular formula is C16H22N3O2P. The Morgan fingerprint density at radius 1 is 0.909 bits per heavy atom. The van der Waals surface area contributed by atoms with Crippen LogP contribution in [0, 0.1) is 13.8 Å². The number of anilines is 1. The van der Waals surface area contributed by atoms with E-state index in [0.717, 1.165) is 16.8 Å². The Bertz CT molecular complexity index is 654. The Kier molecular flexibility index (Phi) is 5.24. The second-order valence-electron chi connectivity index (χ2n) is 5.37. The third-order valence-electron chi connectivity index (χ3n) is 3.17. The normalized spacial score (nSPS) is 13.7. The molecule has 0 amide bonds. The molecule has 5 nitrogen and oxygen atoms in total. The second kappa shape index (κ2) is 6.97. The first kappa shape index (κ1) is 16.6. The first-order valence-electron chi connectivity index (χ1n) is 7.03. The van der Waals surface area contributed by atoms with Gasteiger partial charge in [0.25, 0.3) is 0 Å². The lowest BCUT2D eigenvalue weighted by atomic mass is 10.2. The molecule has 2 aromatic rings. The molecule has 0 aliphatic heterocycles. The molecule has 0 saturated heterocycles. The monoisotopic (exact) mass is 319 g/mol. The van der Waals surface area contributed by atoms with Crippen molar-refractivity contribution in [3.63, 3.8) is 0 Å². The molecule has 0 aliphatic carbocycles. The Morgan fingerprint density at radius 3 is 1.91 bits per heavy atom. The number of aryl methyl sites for hydroxylation is 2. The van der Waals surface area contributed by atoms with Crippen LogP contribution in [0.15, 0.2) is 48.5 Å². The summed E-state index contributed by atoms with van der Waals surface area (Å²) in [5.41, 5.74) is 6.05. The number of hydrogen-bond donors (Lipinski definition) is 2. The van der Waals surface area contributed by atoms with Gasteiger partial charge in [0.2, 0.25) is 0 Å². The first-order valence-corrected chi connectivity index (χ1v) is 8.61. The molecule has 2 aromatic carbocycles. The molecule has 1 unspecified atom stereocenters. The second-order valence-corrected chi connectivity index (χ2v) is 7.62. The zero-order valence-corrected chi connectivity index (χ0v) is 14.2. The van der Waals surface area contributed by atoms with Crippen molar-refractivity contribution in [2.75, 3.05) is 19.5 Å². The number of nitrogens with one attached hydrogen (secondary N) is 2. The van der Waals surface area contributed by atoms with Crippen LogP contribution in [0.25, 0.3) is 0 Å². The number of hydrogen-bond acceptors (Lipinski definition) is 3. The van der Waals surface area contributed by atoms with Crippen LogP contribution in [-0.2, 0) is 4.57 Å². The highest BCUT2D eigenvalue weighted by atomic mass is 31.2. The van der Waals surface area contributed by atoms with Gasteiger partial charge in [0.1, 0.15) is 5.75 Å². The van der Waals surface area contributed by atoms with Crippen molar-refractivity contribution in [2.24, 2.45) is 0 Å². The van der Waals surface area contributed by atoms with Crippen molar-refractivity contribution in [1.82, 2.24) is 9.87 Å². The van der Waals surface area contributed by atoms with Crippen molar-refractivity contribution >= 4 is 13.4 Å². The largest absolute Gasteiger partial charge is 0.421 e. The quantitative estimate of drug-likeness (QED) is 0.623. The van der Waals surface area contributed by atoms with E-state index in [2.05, 4.69) is 10.6 Å². The fourth-order valence-corrected chi connectivity index (χ4v) is 2.81. The Hall–Kier alpha value is -1.81. The zero-order valence-electron chi connectivity index (χ0n) is 13.3. The van der Waals surface area contributed by atoms with Crippen LogP contribution < -0.4 is 15.1 Å². The molecule has 0 spiro atoms. The van der Waals surface area contributed by atoms with Gasteiger partial charge in [-0.25, -0.2) is 9.24 Å². The van der Waals surface area contributed by atoms with E-state index in [-0.39, 0.29) is 0 Å². The smallest absolute Gasteiger partial charge is 0.410 e. The summed E-state index contributed by atoms with van der Waals surface area (Å²) in [5, 5.41) is 2.80. The van der Waals surface area contributed by atoms with Crippen LogP contribution in [0.3, 0.4) is 0 Å². The maximum atomic E-state index is 12.9. The third kappa shape index (κ3) is 4.34. The van der Waals surface area contributed by atoms with Gasteiger partial charge in [0.05, 0.1) is 0 Å². The molecule has 2 rings (SSSR count). The average Bonchev–Trinajstić information content (AvgIpc) is 2.49. The summed E-state index contributed by atoms with van der Waals surface area (Å²) in [6.45, 7) is 4.01. The molecule has 0 aliphatic rings. The lowest BCUT2D eigenvalue weighted by Crippen LogP contribution is -2.29. The van der Waals surface area contributed by atoms with Gasteiger partial charge in [-0.1, -0.05) is 35.4 Å². The van der Waals surface area contributed by atoms with Gasteiger partial charge in [0.15, 0.2) is 0 Å².